The number of aryl methyl sites for hydroxylation is 1. The van der Waals surface area contributed by atoms with Crippen LogP contribution in [0.2, 0.25) is 0 Å². The predicted molar refractivity (Wildman–Crippen MR) is 112 cm³/mol. The molecule has 0 radical (unpaired) electrons. The van der Waals surface area contributed by atoms with Gasteiger partial charge >= 0.3 is 12.4 Å². The lowest BCUT2D eigenvalue weighted by Crippen LogP contribution is -2.41. The summed E-state index contributed by atoms with van der Waals surface area (Å²) in [5, 5.41) is 2.70. The van der Waals surface area contributed by atoms with Crippen molar-refractivity contribution < 1.29 is 22.7 Å². The first-order valence-electron chi connectivity index (χ1n) is 9.70. The lowest BCUT2D eigenvalue weighted by Gasteiger charge is -2.25. The van der Waals surface area contributed by atoms with Gasteiger partial charge in [-0.1, -0.05) is 24.8 Å². The monoisotopic (exact) mass is 443 g/mol. The van der Waals surface area contributed by atoms with E-state index in [1.54, 1.807) is 19.3 Å². The van der Waals surface area contributed by atoms with E-state index in [9.17, 15) is 18.0 Å². The van der Waals surface area contributed by atoms with Gasteiger partial charge < -0.3 is 14.6 Å². The van der Waals surface area contributed by atoms with E-state index in [0.29, 0.717) is 35.1 Å². The summed E-state index contributed by atoms with van der Waals surface area (Å²) in [6.07, 6.45) is -2.82. The van der Waals surface area contributed by atoms with E-state index in [0.717, 1.165) is 11.3 Å². The summed E-state index contributed by atoms with van der Waals surface area (Å²) in [7, 11) is 1.59. The molecular weight excluding hydrogens is 423 g/mol. The number of hydrogen-bond donors (Lipinski definition) is 1. The van der Waals surface area contributed by atoms with Gasteiger partial charge in [-0.05, 0) is 36.2 Å². The normalized spacial score (nSPS) is 13.7. The molecule has 166 valence electrons. The molecule has 1 aliphatic rings. The van der Waals surface area contributed by atoms with Gasteiger partial charge in [0.2, 0.25) is 0 Å². The van der Waals surface area contributed by atoms with E-state index in [4.69, 9.17) is 0 Å². The minimum absolute atomic E-state index is 0.212. The maximum absolute atomic E-state index is 12.6. The lowest BCUT2D eigenvalue weighted by atomic mass is 10.1. The highest BCUT2D eigenvalue weighted by molar-refractivity contribution is 6.02. The molecule has 0 atom stereocenters. The van der Waals surface area contributed by atoms with Crippen LogP contribution in [0.1, 0.15) is 28.3 Å². The smallest absolute Gasteiger partial charge is 0.406 e. The van der Waals surface area contributed by atoms with Crippen LogP contribution in [0, 0.1) is 6.92 Å². The molecular formula is C22H20F3N5O2. The van der Waals surface area contributed by atoms with Gasteiger partial charge in [0, 0.05) is 19.7 Å². The average Bonchev–Trinajstić information content (AvgIpc) is 3.05. The highest BCUT2D eigenvalue weighted by atomic mass is 19.4. The Hall–Kier alpha value is -3.82. The second-order valence-corrected chi connectivity index (χ2v) is 7.45. The number of benzene rings is 1. The zero-order chi connectivity index (χ0) is 23.0. The van der Waals surface area contributed by atoms with Crippen LogP contribution in [0.4, 0.5) is 23.8 Å². The van der Waals surface area contributed by atoms with Gasteiger partial charge in [-0.2, -0.15) is 0 Å². The maximum Gasteiger partial charge on any atom is 0.573 e. The van der Waals surface area contributed by atoms with Gasteiger partial charge in [-0.25, -0.2) is 9.78 Å². The number of carbonyl (C=O) groups is 1. The number of carbonyl (C=O) groups excluding carboxylic acids is 1. The Morgan fingerprint density at radius 1 is 1.22 bits per heavy atom. The van der Waals surface area contributed by atoms with Crippen molar-refractivity contribution >= 4 is 17.5 Å². The van der Waals surface area contributed by atoms with Crippen molar-refractivity contribution in [3.63, 3.8) is 0 Å². The summed E-state index contributed by atoms with van der Waals surface area (Å²) in [6.45, 7) is 6.23. The topological polar surface area (TPSA) is 72.3 Å². The van der Waals surface area contributed by atoms with E-state index in [1.807, 2.05) is 23.6 Å². The minimum atomic E-state index is -4.78. The standard InChI is InChI=1S/C22H20F3N5O2/c1-13-7-8-16(26-11-13)12-30-18(28-20-19(30)14(2)27-21(31)29(20)3)10-15-5-4-6-17(9-15)32-22(23,24)25/h4-9,11H,2,10,12H2,1,3H3,(H,27,31). The number of aromatic nitrogens is 3. The number of pyridine rings is 1. The summed E-state index contributed by atoms with van der Waals surface area (Å²) < 4.78 is 43.7. The van der Waals surface area contributed by atoms with Crippen LogP contribution in [0.15, 0.2) is 49.2 Å². The molecule has 2 aromatic heterocycles. The first-order chi connectivity index (χ1) is 15.1. The third kappa shape index (κ3) is 4.43. The Morgan fingerprint density at radius 3 is 2.69 bits per heavy atom. The molecule has 4 rings (SSSR count). The van der Waals surface area contributed by atoms with Gasteiger partial charge in [0.05, 0.1) is 17.9 Å². The number of imidazole rings is 1. The number of anilines is 1. The van der Waals surface area contributed by atoms with Gasteiger partial charge in [0.15, 0.2) is 5.82 Å². The molecule has 0 bridgehead atoms. The van der Waals surface area contributed by atoms with Crippen molar-refractivity contribution in [2.45, 2.75) is 26.3 Å². The Kier molecular flexibility index (Phi) is 5.37. The number of halogens is 3. The minimum Gasteiger partial charge on any atom is -0.406 e. The van der Waals surface area contributed by atoms with Crippen molar-refractivity contribution in [2.75, 3.05) is 11.9 Å². The third-order valence-corrected chi connectivity index (χ3v) is 4.98. The fourth-order valence-corrected chi connectivity index (χ4v) is 3.48. The van der Waals surface area contributed by atoms with Crippen molar-refractivity contribution in [2.24, 2.45) is 0 Å². The fourth-order valence-electron chi connectivity index (χ4n) is 3.48. The molecule has 10 heteroatoms. The van der Waals surface area contributed by atoms with E-state index >= 15 is 0 Å². The Labute approximate surface area is 182 Å². The summed E-state index contributed by atoms with van der Waals surface area (Å²) in [5.41, 5.74) is 3.35. The Bertz CT molecular complexity index is 1190. The van der Waals surface area contributed by atoms with Crippen LogP contribution < -0.4 is 15.0 Å². The molecule has 3 heterocycles. The van der Waals surface area contributed by atoms with Crippen LogP contribution in [0.25, 0.3) is 5.70 Å². The summed E-state index contributed by atoms with van der Waals surface area (Å²) in [5.74, 6) is 0.658. The van der Waals surface area contributed by atoms with Gasteiger partial charge in [-0.15, -0.1) is 13.2 Å². The van der Waals surface area contributed by atoms with Crippen LogP contribution in [0.3, 0.4) is 0 Å². The van der Waals surface area contributed by atoms with Crippen molar-refractivity contribution in [3.8, 4) is 5.75 Å². The Balaban J connectivity index is 1.74. The number of alkyl halides is 3. The molecule has 2 amide bonds. The first kappa shape index (κ1) is 21.4. The van der Waals surface area contributed by atoms with Crippen LogP contribution in [0.5, 0.6) is 5.75 Å². The third-order valence-electron chi connectivity index (χ3n) is 4.98. The largest absolute Gasteiger partial charge is 0.573 e. The molecule has 0 spiro atoms. The SMILES string of the molecule is C=C1NC(=O)N(C)c2nc(Cc3cccc(OC(F)(F)F)c3)n(Cc3ccc(C)cn3)c21. The van der Waals surface area contributed by atoms with Gasteiger partial charge in [-0.3, -0.25) is 9.88 Å². The molecule has 0 saturated heterocycles. The van der Waals surface area contributed by atoms with E-state index in [-0.39, 0.29) is 18.2 Å². The molecule has 1 N–H and O–H groups in total. The van der Waals surface area contributed by atoms with E-state index in [2.05, 4.69) is 26.6 Å². The second-order valence-electron chi connectivity index (χ2n) is 7.45. The van der Waals surface area contributed by atoms with E-state index in [1.165, 1.54) is 23.1 Å². The Morgan fingerprint density at radius 2 is 2.00 bits per heavy atom. The average molecular weight is 443 g/mol. The van der Waals surface area contributed by atoms with Crippen molar-refractivity contribution in [1.29, 1.82) is 0 Å². The van der Waals surface area contributed by atoms with Crippen molar-refractivity contribution in [3.05, 3.63) is 77.5 Å². The molecule has 0 fully saturated rings. The fraction of sp³-hybridized carbons (Fsp3) is 0.227. The number of nitrogens with one attached hydrogen (secondary N) is 1. The second kappa shape index (κ2) is 8.03. The number of rotatable bonds is 5. The summed E-state index contributed by atoms with van der Waals surface area (Å²) in [4.78, 5) is 22.6. The number of amides is 2. The lowest BCUT2D eigenvalue weighted by molar-refractivity contribution is -0.274. The van der Waals surface area contributed by atoms with Gasteiger partial charge in [0.1, 0.15) is 17.3 Å². The molecule has 1 aliphatic heterocycles. The van der Waals surface area contributed by atoms with E-state index < -0.39 is 6.36 Å². The summed E-state index contributed by atoms with van der Waals surface area (Å²) >= 11 is 0. The zero-order valence-corrected chi connectivity index (χ0v) is 17.4. The molecule has 0 aliphatic carbocycles. The highest BCUT2D eigenvalue weighted by Gasteiger charge is 2.32. The number of urea groups is 1. The first-order valence-corrected chi connectivity index (χ1v) is 9.70. The quantitative estimate of drug-likeness (QED) is 0.640. The molecule has 32 heavy (non-hydrogen) atoms. The van der Waals surface area contributed by atoms with Crippen LogP contribution >= 0.6 is 0 Å². The zero-order valence-electron chi connectivity index (χ0n) is 17.4. The van der Waals surface area contributed by atoms with Crippen molar-refractivity contribution in [1.82, 2.24) is 19.9 Å². The number of hydrogen-bond acceptors (Lipinski definition) is 4. The molecule has 0 saturated carbocycles. The van der Waals surface area contributed by atoms with Crippen LogP contribution in [-0.4, -0.2) is 34.0 Å². The highest BCUT2D eigenvalue weighted by Crippen LogP contribution is 2.31. The van der Waals surface area contributed by atoms with Gasteiger partial charge in [0.25, 0.3) is 0 Å². The summed E-state index contributed by atoms with van der Waals surface area (Å²) in [6, 6.07) is 9.19. The number of nitrogens with zero attached hydrogens (tertiary/aromatic N) is 4. The molecule has 3 aromatic rings. The molecule has 0 unspecified atom stereocenters. The maximum atomic E-state index is 12.6. The number of fused-ring (bicyclic) bond motifs is 1. The molecule has 7 nitrogen and oxygen atoms in total. The predicted octanol–water partition coefficient (Wildman–Crippen LogP) is 4.25. The number of ether oxygens (including phenoxy) is 1. The van der Waals surface area contributed by atoms with Crippen LogP contribution in [-0.2, 0) is 13.0 Å². The molecule has 1 aromatic carbocycles.